The molecule has 6 heteroatoms. The van der Waals surface area contributed by atoms with Gasteiger partial charge in [-0.1, -0.05) is 32.6 Å². The maximum atomic E-state index is 12.8. The number of nitrogens with one attached hydrogen (secondary N) is 3. The van der Waals surface area contributed by atoms with Gasteiger partial charge in [-0.15, -0.1) is 0 Å². The normalized spacial score (nSPS) is 21.4. The first-order chi connectivity index (χ1) is 17.0. The molecule has 0 spiro atoms. The van der Waals surface area contributed by atoms with Crippen LogP contribution in [-0.2, 0) is 4.79 Å². The van der Waals surface area contributed by atoms with Crippen LogP contribution in [-0.4, -0.2) is 27.8 Å². The number of aromatic amines is 1. The van der Waals surface area contributed by atoms with E-state index in [0.29, 0.717) is 5.56 Å². The van der Waals surface area contributed by atoms with E-state index in [0.717, 1.165) is 72.6 Å². The number of amides is 2. The Labute approximate surface area is 207 Å². The van der Waals surface area contributed by atoms with Gasteiger partial charge in [-0.2, -0.15) is 0 Å². The van der Waals surface area contributed by atoms with Crippen LogP contribution in [0.1, 0.15) is 81.5 Å². The lowest BCUT2D eigenvalue weighted by Crippen LogP contribution is -2.34. The maximum absolute atomic E-state index is 12.8. The van der Waals surface area contributed by atoms with Gasteiger partial charge in [-0.25, -0.2) is 4.98 Å². The molecule has 0 atom stereocenters. The summed E-state index contributed by atoms with van der Waals surface area (Å²) in [5.41, 5.74) is 4.07. The van der Waals surface area contributed by atoms with E-state index in [1.165, 1.54) is 25.7 Å². The number of fused-ring (bicyclic) bond motifs is 1. The quantitative estimate of drug-likeness (QED) is 0.373. The van der Waals surface area contributed by atoms with Gasteiger partial charge < -0.3 is 15.6 Å². The fraction of sp³-hybridized carbons (Fsp3) is 0.483. The Bertz CT molecular complexity index is 1170. The van der Waals surface area contributed by atoms with Gasteiger partial charge in [0.2, 0.25) is 5.91 Å². The van der Waals surface area contributed by atoms with E-state index < -0.39 is 0 Å². The SMILES string of the molecule is CC1CCC(C(=O)Nc2ccc(-c3nc4cc(C(=O)NC5CCCCCC5)ccc4[nH]3)cc2)CC1. The number of carbonyl (C=O) groups excluding carboxylic acids is 2. The molecule has 2 aromatic carbocycles. The first-order valence-electron chi connectivity index (χ1n) is 13.3. The van der Waals surface area contributed by atoms with E-state index in [1.54, 1.807) is 0 Å². The summed E-state index contributed by atoms with van der Waals surface area (Å²) in [7, 11) is 0. The Balaban J connectivity index is 1.24. The van der Waals surface area contributed by atoms with Crippen molar-refractivity contribution in [3.05, 3.63) is 48.0 Å². The molecular weight excluding hydrogens is 436 g/mol. The van der Waals surface area contributed by atoms with Crippen LogP contribution < -0.4 is 10.6 Å². The highest BCUT2D eigenvalue weighted by molar-refractivity contribution is 5.98. The van der Waals surface area contributed by atoms with E-state index in [-0.39, 0.29) is 23.8 Å². The lowest BCUT2D eigenvalue weighted by Gasteiger charge is -2.25. The van der Waals surface area contributed by atoms with Crippen molar-refractivity contribution in [3.63, 3.8) is 0 Å². The molecule has 3 N–H and O–H groups in total. The van der Waals surface area contributed by atoms with Gasteiger partial charge in [0.05, 0.1) is 11.0 Å². The topological polar surface area (TPSA) is 86.9 Å². The molecule has 0 aliphatic heterocycles. The maximum Gasteiger partial charge on any atom is 0.251 e. The molecule has 0 radical (unpaired) electrons. The highest BCUT2D eigenvalue weighted by Crippen LogP contribution is 2.29. The van der Waals surface area contributed by atoms with Gasteiger partial charge in [0.1, 0.15) is 5.82 Å². The monoisotopic (exact) mass is 472 g/mol. The summed E-state index contributed by atoms with van der Waals surface area (Å²) >= 11 is 0. The summed E-state index contributed by atoms with van der Waals surface area (Å²) < 4.78 is 0. The highest BCUT2D eigenvalue weighted by Gasteiger charge is 2.24. The number of H-pyrrole nitrogens is 1. The van der Waals surface area contributed by atoms with Gasteiger partial charge in [-0.3, -0.25) is 9.59 Å². The lowest BCUT2D eigenvalue weighted by atomic mass is 9.82. The van der Waals surface area contributed by atoms with Gasteiger partial charge in [0, 0.05) is 28.8 Å². The third-order valence-corrected chi connectivity index (χ3v) is 7.75. The lowest BCUT2D eigenvalue weighted by molar-refractivity contribution is -0.121. The first kappa shape index (κ1) is 23.6. The minimum Gasteiger partial charge on any atom is -0.349 e. The van der Waals surface area contributed by atoms with Gasteiger partial charge in [0.15, 0.2) is 0 Å². The Morgan fingerprint density at radius 1 is 0.886 bits per heavy atom. The zero-order valence-electron chi connectivity index (χ0n) is 20.6. The van der Waals surface area contributed by atoms with Gasteiger partial charge in [-0.05, 0) is 86.9 Å². The molecule has 0 saturated heterocycles. The molecule has 0 unspecified atom stereocenters. The summed E-state index contributed by atoms with van der Waals surface area (Å²) in [6.07, 6.45) is 11.3. The smallest absolute Gasteiger partial charge is 0.251 e. The molecule has 3 aromatic rings. The number of nitrogens with zero attached hydrogens (tertiary/aromatic N) is 1. The fourth-order valence-electron chi connectivity index (χ4n) is 5.45. The number of anilines is 1. The second-order valence-electron chi connectivity index (χ2n) is 10.5. The molecule has 2 fully saturated rings. The summed E-state index contributed by atoms with van der Waals surface area (Å²) in [5, 5.41) is 6.29. The summed E-state index contributed by atoms with van der Waals surface area (Å²) in [6.45, 7) is 2.26. The van der Waals surface area contributed by atoms with E-state index in [9.17, 15) is 9.59 Å². The Morgan fingerprint density at radius 3 is 2.31 bits per heavy atom. The highest BCUT2D eigenvalue weighted by atomic mass is 16.2. The van der Waals surface area contributed by atoms with Crippen LogP contribution in [0.25, 0.3) is 22.4 Å². The van der Waals surface area contributed by atoms with Crippen molar-refractivity contribution >= 4 is 28.5 Å². The zero-order chi connectivity index (χ0) is 24.2. The van der Waals surface area contributed by atoms with Gasteiger partial charge in [0.25, 0.3) is 5.91 Å². The molecule has 35 heavy (non-hydrogen) atoms. The number of aromatic nitrogens is 2. The van der Waals surface area contributed by atoms with Crippen LogP contribution in [0.5, 0.6) is 0 Å². The number of benzene rings is 2. The third kappa shape index (κ3) is 5.75. The second kappa shape index (κ2) is 10.6. The summed E-state index contributed by atoms with van der Waals surface area (Å²) in [6, 6.07) is 13.7. The molecule has 1 heterocycles. The number of rotatable bonds is 5. The second-order valence-corrected chi connectivity index (χ2v) is 10.5. The Hall–Kier alpha value is -3.15. The van der Waals surface area contributed by atoms with Crippen LogP contribution in [0.15, 0.2) is 42.5 Å². The molecule has 2 amide bonds. The average Bonchev–Trinajstić information content (AvgIpc) is 3.13. The number of hydrogen-bond acceptors (Lipinski definition) is 3. The fourth-order valence-corrected chi connectivity index (χ4v) is 5.45. The van der Waals surface area contributed by atoms with Crippen LogP contribution in [0.4, 0.5) is 5.69 Å². The molecule has 2 saturated carbocycles. The van der Waals surface area contributed by atoms with Crippen LogP contribution in [0, 0.1) is 11.8 Å². The predicted molar refractivity (Wildman–Crippen MR) is 140 cm³/mol. The zero-order valence-corrected chi connectivity index (χ0v) is 20.6. The van der Waals surface area contributed by atoms with Crippen molar-refractivity contribution in [2.24, 2.45) is 11.8 Å². The van der Waals surface area contributed by atoms with Crippen LogP contribution in [0.2, 0.25) is 0 Å². The number of hydrogen-bond donors (Lipinski definition) is 3. The molecule has 2 aliphatic rings. The molecule has 1 aromatic heterocycles. The average molecular weight is 473 g/mol. The Kier molecular flexibility index (Phi) is 7.16. The number of imidazole rings is 1. The minimum atomic E-state index is -0.0177. The van der Waals surface area contributed by atoms with Gasteiger partial charge >= 0.3 is 0 Å². The van der Waals surface area contributed by atoms with Crippen molar-refractivity contribution in [3.8, 4) is 11.4 Å². The van der Waals surface area contributed by atoms with E-state index >= 15 is 0 Å². The van der Waals surface area contributed by atoms with Crippen molar-refractivity contribution in [1.82, 2.24) is 15.3 Å². The van der Waals surface area contributed by atoms with Crippen molar-refractivity contribution in [2.45, 2.75) is 77.2 Å². The molecule has 5 rings (SSSR count). The van der Waals surface area contributed by atoms with E-state index in [4.69, 9.17) is 4.98 Å². The molecule has 2 aliphatic carbocycles. The number of carbonyl (C=O) groups is 2. The van der Waals surface area contributed by atoms with Crippen LogP contribution in [0.3, 0.4) is 0 Å². The van der Waals surface area contributed by atoms with E-state index in [2.05, 4.69) is 22.5 Å². The third-order valence-electron chi connectivity index (χ3n) is 7.75. The summed E-state index contributed by atoms with van der Waals surface area (Å²) in [4.78, 5) is 33.5. The molecule has 6 nitrogen and oxygen atoms in total. The largest absolute Gasteiger partial charge is 0.349 e. The van der Waals surface area contributed by atoms with Crippen molar-refractivity contribution in [1.29, 1.82) is 0 Å². The first-order valence-corrected chi connectivity index (χ1v) is 13.3. The molecular formula is C29H36N4O2. The standard InChI is InChI=1S/C29H36N4O2/c1-19-8-10-21(11-9-19)28(34)31-24-15-12-20(13-16-24)27-32-25-17-14-22(18-26(25)33-27)29(35)30-23-6-4-2-3-5-7-23/h12-19,21,23H,2-11H2,1H3,(H,30,35)(H,31,34)(H,32,33). The minimum absolute atomic E-state index is 0.0177. The van der Waals surface area contributed by atoms with Crippen molar-refractivity contribution < 1.29 is 9.59 Å². The van der Waals surface area contributed by atoms with E-state index in [1.807, 2.05) is 42.5 Å². The predicted octanol–water partition coefficient (Wildman–Crippen LogP) is 6.45. The Morgan fingerprint density at radius 2 is 1.60 bits per heavy atom. The molecule has 0 bridgehead atoms. The van der Waals surface area contributed by atoms with Crippen LogP contribution >= 0.6 is 0 Å². The van der Waals surface area contributed by atoms with Crippen molar-refractivity contribution in [2.75, 3.05) is 5.32 Å². The molecule has 184 valence electrons. The summed E-state index contributed by atoms with van der Waals surface area (Å²) in [5.74, 6) is 1.71.